The molecule has 1 aromatic carbocycles. The molecule has 0 radical (unpaired) electrons. The van der Waals surface area contributed by atoms with Gasteiger partial charge >= 0.3 is 0 Å². The van der Waals surface area contributed by atoms with Gasteiger partial charge in [0.2, 0.25) is 0 Å². The van der Waals surface area contributed by atoms with Crippen molar-refractivity contribution in [1.82, 2.24) is 0 Å². The van der Waals surface area contributed by atoms with Crippen molar-refractivity contribution in [3.05, 3.63) is 29.1 Å². The molecule has 0 unspecified atom stereocenters. The van der Waals surface area contributed by atoms with Gasteiger partial charge in [-0.25, -0.2) is 4.39 Å². The lowest BCUT2D eigenvalue weighted by molar-refractivity contribution is 0.0927. The number of hydrogen-bond donors (Lipinski definition) is 0. The lowest BCUT2D eigenvalue weighted by atomic mass is 10.0. The Hall–Kier alpha value is -1.38. The quantitative estimate of drug-likeness (QED) is 0.611. The molecule has 1 heterocycles. The van der Waals surface area contributed by atoms with Crippen molar-refractivity contribution in [2.45, 2.75) is 13.3 Å². The van der Waals surface area contributed by atoms with Crippen molar-refractivity contribution in [2.24, 2.45) is 0 Å². The largest absolute Gasteiger partial charge is 0.492 e. The van der Waals surface area contributed by atoms with Gasteiger partial charge in [0.05, 0.1) is 12.2 Å². The highest BCUT2D eigenvalue weighted by Crippen LogP contribution is 2.30. The molecular weight excluding hydrogens is 171 g/mol. The Labute approximate surface area is 75.3 Å². The molecule has 0 spiro atoms. The molecular formula is C10H9FO2. The predicted octanol–water partition coefficient (Wildman–Crippen LogP) is 2.10. The molecule has 1 aliphatic rings. The normalized spacial score (nSPS) is 15.1. The smallest absolute Gasteiger partial charge is 0.172 e. The summed E-state index contributed by atoms with van der Waals surface area (Å²) in [5, 5.41) is 0. The number of fused-ring (bicyclic) bond motifs is 1. The summed E-state index contributed by atoms with van der Waals surface area (Å²) in [5.41, 5.74) is 0.927. The fraction of sp³-hybridized carbons (Fsp3) is 0.300. The first-order valence-electron chi connectivity index (χ1n) is 4.15. The van der Waals surface area contributed by atoms with Crippen molar-refractivity contribution in [2.75, 3.05) is 6.61 Å². The fourth-order valence-corrected chi connectivity index (χ4v) is 1.48. The Morgan fingerprint density at radius 3 is 2.92 bits per heavy atom. The van der Waals surface area contributed by atoms with E-state index >= 15 is 0 Å². The molecule has 0 amide bonds. The molecule has 0 aromatic heterocycles. The zero-order chi connectivity index (χ0) is 9.42. The molecule has 3 heteroatoms. The topological polar surface area (TPSA) is 26.3 Å². The molecule has 0 aliphatic carbocycles. The Morgan fingerprint density at radius 1 is 1.46 bits per heavy atom. The van der Waals surface area contributed by atoms with Crippen LogP contribution in [0.15, 0.2) is 12.1 Å². The lowest BCUT2D eigenvalue weighted by Crippen LogP contribution is -2.17. The number of rotatable bonds is 0. The number of benzene rings is 1. The molecule has 2 nitrogen and oxygen atoms in total. The summed E-state index contributed by atoms with van der Waals surface area (Å²) in [4.78, 5) is 11.3. The zero-order valence-corrected chi connectivity index (χ0v) is 7.26. The third-order valence-corrected chi connectivity index (χ3v) is 2.16. The summed E-state index contributed by atoms with van der Waals surface area (Å²) in [6.07, 6.45) is 0.271. The Kier molecular flexibility index (Phi) is 1.79. The number of carbonyl (C=O) groups excluding carboxylic acids is 1. The van der Waals surface area contributed by atoms with Crippen LogP contribution in [0.1, 0.15) is 22.3 Å². The van der Waals surface area contributed by atoms with Crippen molar-refractivity contribution >= 4 is 5.78 Å². The summed E-state index contributed by atoms with van der Waals surface area (Å²) >= 11 is 0. The number of Topliss-reactive ketones (excluding diaryl/α,β-unsaturated/α-hetero) is 1. The number of aryl methyl sites for hydroxylation is 1. The molecule has 13 heavy (non-hydrogen) atoms. The van der Waals surface area contributed by atoms with Crippen LogP contribution >= 0.6 is 0 Å². The maximum Gasteiger partial charge on any atom is 0.172 e. The van der Waals surface area contributed by atoms with Gasteiger partial charge in [-0.3, -0.25) is 4.79 Å². The second-order valence-corrected chi connectivity index (χ2v) is 3.09. The van der Waals surface area contributed by atoms with Crippen molar-refractivity contribution in [3.63, 3.8) is 0 Å². The minimum absolute atomic E-state index is 0.117. The van der Waals surface area contributed by atoms with Crippen LogP contribution < -0.4 is 4.74 Å². The molecule has 1 aromatic rings. The minimum Gasteiger partial charge on any atom is -0.492 e. The number of carbonyl (C=O) groups is 1. The average Bonchev–Trinajstić information content (AvgIpc) is 2.12. The highest BCUT2D eigenvalue weighted by atomic mass is 19.1. The monoisotopic (exact) mass is 180 g/mol. The van der Waals surface area contributed by atoms with E-state index in [0.717, 1.165) is 5.56 Å². The second-order valence-electron chi connectivity index (χ2n) is 3.09. The first-order valence-corrected chi connectivity index (χ1v) is 4.15. The van der Waals surface area contributed by atoms with E-state index in [4.69, 9.17) is 4.74 Å². The SMILES string of the molecule is Cc1ccc(F)c2c1OCCC2=O. The zero-order valence-electron chi connectivity index (χ0n) is 7.26. The van der Waals surface area contributed by atoms with Crippen molar-refractivity contribution in [1.29, 1.82) is 0 Å². The highest BCUT2D eigenvalue weighted by Gasteiger charge is 2.23. The molecule has 0 saturated heterocycles. The second kappa shape index (κ2) is 2.83. The van der Waals surface area contributed by atoms with E-state index in [-0.39, 0.29) is 17.8 Å². The van der Waals surface area contributed by atoms with E-state index in [1.165, 1.54) is 6.07 Å². The van der Waals surface area contributed by atoms with Crippen LogP contribution in [-0.4, -0.2) is 12.4 Å². The Balaban J connectivity index is 2.67. The van der Waals surface area contributed by atoms with Gasteiger partial charge in [-0.1, -0.05) is 6.07 Å². The third kappa shape index (κ3) is 1.20. The summed E-state index contributed by atoms with van der Waals surface area (Å²) in [6.45, 7) is 2.16. The van der Waals surface area contributed by atoms with Gasteiger partial charge < -0.3 is 4.74 Å². The Bertz CT molecular complexity index is 371. The van der Waals surface area contributed by atoms with Crippen LogP contribution in [0, 0.1) is 12.7 Å². The maximum atomic E-state index is 13.2. The van der Waals surface area contributed by atoms with E-state index in [1.54, 1.807) is 13.0 Å². The van der Waals surface area contributed by atoms with Crippen LogP contribution in [0.5, 0.6) is 5.75 Å². The lowest BCUT2D eigenvalue weighted by Gasteiger charge is -2.18. The van der Waals surface area contributed by atoms with Gasteiger partial charge in [0, 0.05) is 6.42 Å². The molecule has 1 aliphatic heterocycles. The van der Waals surface area contributed by atoms with Gasteiger partial charge in [-0.15, -0.1) is 0 Å². The first kappa shape index (κ1) is 8.23. The van der Waals surface area contributed by atoms with Crippen molar-refractivity contribution < 1.29 is 13.9 Å². The standard InChI is InChI=1S/C10H9FO2/c1-6-2-3-7(11)9-8(12)4-5-13-10(6)9/h2-3H,4-5H2,1H3. The van der Waals surface area contributed by atoms with Crippen LogP contribution in [0.25, 0.3) is 0 Å². The van der Waals surface area contributed by atoms with Gasteiger partial charge in [-0.05, 0) is 18.6 Å². The van der Waals surface area contributed by atoms with Crippen LogP contribution in [0.3, 0.4) is 0 Å². The molecule has 0 saturated carbocycles. The molecule has 0 fully saturated rings. The molecule has 68 valence electrons. The summed E-state index contributed by atoms with van der Waals surface area (Å²) < 4.78 is 18.4. The number of ether oxygens (including phenoxy) is 1. The predicted molar refractivity (Wildman–Crippen MR) is 45.6 cm³/mol. The van der Waals surface area contributed by atoms with E-state index in [9.17, 15) is 9.18 Å². The Morgan fingerprint density at radius 2 is 2.23 bits per heavy atom. The van der Waals surface area contributed by atoms with Gasteiger partial charge in [0.15, 0.2) is 5.78 Å². The van der Waals surface area contributed by atoms with E-state index in [1.807, 2.05) is 0 Å². The van der Waals surface area contributed by atoms with E-state index < -0.39 is 5.82 Å². The van der Waals surface area contributed by atoms with Gasteiger partial charge in [0.25, 0.3) is 0 Å². The van der Waals surface area contributed by atoms with Crippen LogP contribution in [-0.2, 0) is 0 Å². The summed E-state index contributed by atoms with van der Waals surface area (Å²) in [7, 11) is 0. The van der Waals surface area contributed by atoms with Crippen LogP contribution in [0.2, 0.25) is 0 Å². The third-order valence-electron chi connectivity index (χ3n) is 2.16. The summed E-state index contributed by atoms with van der Waals surface area (Å²) in [6, 6.07) is 2.92. The summed E-state index contributed by atoms with van der Waals surface area (Å²) in [5.74, 6) is -0.232. The highest BCUT2D eigenvalue weighted by molar-refractivity contribution is 6.00. The average molecular weight is 180 g/mol. The molecule has 0 bridgehead atoms. The fourth-order valence-electron chi connectivity index (χ4n) is 1.48. The first-order chi connectivity index (χ1) is 6.20. The molecule has 0 atom stereocenters. The molecule has 2 rings (SSSR count). The maximum absolute atomic E-state index is 13.2. The number of hydrogen-bond acceptors (Lipinski definition) is 2. The van der Waals surface area contributed by atoms with Crippen molar-refractivity contribution in [3.8, 4) is 5.75 Å². The number of ketones is 1. The minimum atomic E-state index is -0.481. The van der Waals surface area contributed by atoms with E-state index in [2.05, 4.69) is 0 Å². The van der Waals surface area contributed by atoms with E-state index in [0.29, 0.717) is 12.4 Å². The van der Waals surface area contributed by atoms with Gasteiger partial charge in [-0.2, -0.15) is 0 Å². The molecule has 0 N–H and O–H groups in total. The number of halogens is 1. The van der Waals surface area contributed by atoms with Crippen LogP contribution in [0.4, 0.5) is 4.39 Å². The van der Waals surface area contributed by atoms with Gasteiger partial charge in [0.1, 0.15) is 11.6 Å².